The normalized spacial score (nSPS) is 19.1. The minimum Gasteiger partial charge on any atom is -0.481 e. The summed E-state index contributed by atoms with van der Waals surface area (Å²) in [6.07, 6.45) is 5.33. The first-order valence-corrected chi connectivity index (χ1v) is 14.2. The van der Waals surface area contributed by atoms with Crippen LogP contribution in [0.4, 0.5) is 30.8 Å². The van der Waals surface area contributed by atoms with Gasteiger partial charge < -0.3 is 14.8 Å². The van der Waals surface area contributed by atoms with Gasteiger partial charge in [-0.05, 0) is 36.4 Å². The molecule has 0 aliphatic carbocycles. The van der Waals surface area contributed by atoms with Gasteiger partial charge in [-0.2, -0.15) is 5.26 Å². The molecule has 1 aromatic carbocycles. The van der Waals surface area contributed by atoms with Crippen molar-refractivity contribution >= 4 is 33.4 Å². The summed E-state index contributed by atoms with van der Waals surface area (Å²) in [6, 6.07) is 4.78. The molecule has 1 aliphatic rings. The van der Waals surface area contributed by atoms with E-state index in [-0.39, 0.29) is 47.9 Å². The molecule has 2 amide bonds. The number of likely N-dealkylation sites (tertiary alicyclic amines) is 1. The number of aromatic nitrogens is 2. The van der Waals surface area contributed by atoms with E-state index >= 15 is 0 Å². The van der Waals surface area contributed by atoms with Gasteiger partial charge in [0.2, 0.25) is 5.88 Å². The zero-order valence-electron chi connectivity index (χ0n) is 22.2. The Hall–Kier alpha value is -4.49. The Morgan fingerprint density at radius 3 is 2.33 bits per heavy atom. The van der Waals surface area contributed by atoms with Gasteiger partial charge in [-0.25, -0.2) is 4.98 Å². The third-order valence-electron chi connectivity index (χ3n) is 6.53. The number of methoxy groups -OCH3 is 2. The summed E-state index contributed by atoms with van der Waals surface area (Å²) < 4.78 is 77.7. The fourth-order valence-electron chi connectivity index (χ4n) is 4.48. The van der Waals surface area contributed by atoms with E-state index in [1.54, 1.807) is 0 Å². The molecule has 1 N–H and O–H groups in total. The lowest BCUT2D eigenvalue weighted by atomic mass is 10.0. The highest BCUT2D eigenvalue weighted by atomic mass is 32.5. The Bertz CT molecular complexity index is 1490. The molecule has 224 valence electrons. The second-order valence-electron chi connectivity index (χ2n) is 9.30. The fraction of sp³-hybridized carbons (Fsp3) is 0.269. The van der Waals surface area contributed by atoms with E-state index in [0.29, 0.717) is 12.1 Å². The molecule has 4 rings (SSSR count). The number of pyridine rings is 2. The van der Waals surface area contributed by atoms with Crippen molar-refractivity contribution in [1.82, 2.24) is 14.9 Å². The largest absolute Gasteiger partial charge is 0.481 e. The van der Waals surface area contributed by atoms with Crippen molar-refractivity contribution in [3.63, 3.8) is 0 Å². The molecule has 16 heteroatoms. The number of rotatable bonds is 9. The standard InChI is InChI=1S/C26H25F5N6O4S/c1-40-20-12-22(36(15-20)16-32)26(39)37(19-6-8-21(9-7-19)42(27,28,29,30)31)24(17-4-3-11-33-13-17)25(38)35-18-5-10-23(41-2)34-14-18/h3-11,13-14,20,22,24H,12,15H2,1-2H3,(H,35,38)/t20-,22-,24-/m1/s1. The number of benzene rings is 1. The number of amides is 2. The smallest absolute Gasteiger partial charge is 0.310 e. The van der Waals surface area contributed by atoms with E-state index in [1.165, 1.54) is 57.1 Å². The molecule has 3 atom stereocenters. The predicted octanol–water partition coefficient (Wildman–Crippen LogP) is 5.43. The molecule has 0 spiro atoms. The Morgan fingerprint density at radius 1 is 1.10 bits per heavy atom. The Kier molecular flexibility index (Phi) is 7.78. The molecule has 1 saturated heterocycles. The third-order valence-corrected chi connectivity index (χ3v) is 7.69. The van der Waals surface area contributed by atoms with Crippen LogP contribution < -0.4 is 15.0 Å². The zero-order chi connectivity index (χ0) is 30.8. The van der Waals surface area contributed by atoms with Crippen molar-refractivity contribution in [2.75, 3.05) is 31.0 Å². The number of nitrogens with one attached hydrogen (secondary N) is 1. The highest BCUT2D eigenvalue weighted by Gasteiger charge is 2.65. The molecular formula is C26H25F5N6O4S. The van der Waals surface area contributed by atoms with E-state index in [0.717, 1.165) is 9.80 Å². The first-order valence-electron chi connectivity index (χ1n) is 12.2. The lowest BCUT2D eigenvalue weighted by Gasteiger charge is -2.41. The van der Waals surface area contributed by atoms with Gasteiger partial charge >= 0.3 is 10.2 Å². The Balaban J connectivity index is 1.84. The van der Waals surface area contributed by atoms with Gasteiger partial charge in [0.05, 0.1) is 31.6 Å². The summed E-state index contributed by atoms with van der Waals surface area (Å²) >= 11 is 0. The molecule has 0 unspecified atom stereocenters. The van der Waals surface area contributed by atoms with Crippen molar-refractivity contribution < 1.29 is 38.5 Å². The molecule has 1 fully saturated rings. The van der Waals surface area contributed by atoms with E-state index in [4.69, 9.17) is 9.47 Å². The van der Waals surface area contributed by atoms with Gasteiger partial charge in [0.25, 0.3) is 11.8 Å². The summed E-state index contributed by atoms with van der Waals surface area (Å²) in [4.78, 5) is 35.8. The highest BCUT2D eigenvalue weighted by molar-refractivity contribution is 8.45. The lowest BCUT2D eigenvalue weighted by molar-refractivity contribution is -0.126. The van der Waals surface area contributed by atoms with Crippen LogP contribution in [0, 0.1) is 11.5 Å². The topological polar surface area (TPSA) is 121 Å². The number of hydrogen-bond donors (Lipinski definition) is 1. The van der Waals surface area contributed by atoms with Crippen LogP contribution in [0.1, 0.15) is 18.0 Å². The van der Waals surface area contributed by atoms with Crippen molar-refractivity contribution in [3.8, 4) is 12.1 Å². The van der Waals surface area contributed by atoms with Crippen LogP contribution in [-0.2, 0) is 14.3 Å². The SMILES string of the molecule is COc1ccc(NC(=O)[C@@H](c2cccnc2)N(C(=O)[C@H]2C[C@@H](OC)CN2C#N)c2ccc(S(F)(F)(F)(F)F)cc2)cn1. The molecule has 42 heavy (non-hydrogen) atoms. The summed E-state index contributed by atoms with van der Waals surface area (Å²) in [5.41, 5.74) is 0.0324. The second kappa shape index (κ2) is 10.7. The van der Waals surface area contributed by atoms with Crippen molar-refractivity contribution in [1.29, 1.82) is 5.26 Å². The van der Waals surface area contributed by atoms with Crippen LogP contribution in [0.25, 0.3) is 0 Å². The molecule has 10 nitrogen and oxygen atoms in total. The van der Waals surface area contributed by atoms with E-state index in [1.807, 2.05) is 6.19 Å². The first-order chi connectivity index (χ1) is 19.6. The Morgan fingerprint density at radius 2 is 1.81 bits per heavy atom. The number of ether oxygens (including phenoxy) is 2. The van der Waals surface area contributed by atoms with Crippen molar-refractivity contribution in [2.45, 2.75) is 29.5 Å². The fourth-order valence-corrected chi connectivity index (χ4v) is 5.13. The minimum absolute atomic E-state index is 0.0206. The van der Waals surface area contributed by atoms with E-state index < -0.39 is 45.1 Å². The number of carbonyl (C=O) groups excluding carboxylic acids is 2. The number of carbonyl (C=O) groups is 2. The summed E-state index contributed by atoms with van der Waals surface area (Å²) in [5, 5.41) is 12.3. The van der Waals surface area contributed by atoms with Crippen LogP contribution in [0.5, 0.6) is 5.88 Å². The average molecular weight is 613 g/mol. The second-order valence-corrected chi connectivity index (χ2v) is 11.7. The quantitative estimate of drug-likeness (QED) is 0.251. The molecule has 2 aromatic heterocycles. The van der Waals surface area contributed by atoms with Crippen molar-refractivity contribution in [3.05, 3.63) is 72.7 Å². The Labute approximate surface area is 237 Å². The van der Waals surface area contributed by atoms with E-state index in [2.05, 4.69) is 15.3 Å². The number of anilines is 2. The molecule has 1 aliphatic heterocycles. The van der Waals surface area contributed by atoms with Crippen LogP contribution in [0.2, 0.25) is 0 Å². The van der Waals surface area contributed by atoms with Gasteiger partial charge in [-0.1, -0.05) is 25.5 Å². The summed E-state index contributed by atoms with van der Waals surface area (Å²) in [7, 11) is -7.26. The number of nitriles is 1. The van der Waals surface area contributed by atoms with Crippen LogP contribution >= 0.6 is 10.2 Å². The minimum atomic E-state index is -10.0. The number of halogens is 5. The number of nitrogens with zero attached hydrogens (tertiary/aromatic N) is 5. The summed E-state index contributed by atoms with van der Waals surface area (Å²) in [5.74, 6) is -1.43. The maximum atomic E-state index is 14.1. The maximum Gasteiger partial charge on any atom is 0.310 e. The molecule has 3 aromatic rings. The summed E-state index contributed by atoms with van der Waals surface area (Å²) in [6.45, 7) is 0.0433. The third kappa shape index (κ3) is 6.69. The molecule has 0 saturated carbocycles. The van der Waals surface area contributed by atoms with Gasteiger partial charge in [0.15, 0.2) is 6.19 Å². The molecule has 0 radical (unpaired) electrons. The van der Waals surface area contributed by atoms with Crippen molar-refractivity contribution in [2.24, 2.45) is 0 Å². The van der Waals surface area contributed by atoms with Crippen LogP contribution in [0.3, 0.4) is 0 Å². The average Bonchev–Trinajstić information content (AvgIpc) is 3.39. The molecular weight excluding hydrogens is 587 g/mol. The molecule has 0 bridgehead atoms. The van der Waals surface area contributed by atoms with E-state index in [9.17, 15) is 34.3 Å². The van der Waals surface area contributed by atoms with Gasteiger partial charge in [0.1, 0.15) is 17.0 Å². The van der Waals surface area contributed by atoms with Gasteiger partial charge in [-0.15, -0.1) is 0 Å². The first kappa shape index (κ1) is 30.5. The number of hydrogen-bond acceptors (Lipinski definition) is 8. The van der Waals surface area contributed by atoms with Crippen LogP contribution in [-0.4, -0.2) is 59.6 Å². The van der Waals surface area contributed by atoms with Crippen LogP contribution in [0.15, 0.2) is 72.0 Å². The monoisotopic (exact) mass is 612 g/mol. The van der Waals surface area contributed by atoms with Gasteiger partial charge in [-0.3, -0.25) is 24.4 Å². The highest BCUT2D eigenvalue weighted by Crippen LogP contribution is 3.02. The lowest BCUT2D eigenvalue weighted by Crippen LogP contribution is -2.49. The predicted molar refractivity (Wildman–Crippen MR) is 143 cm³/mol. The zero-order valence-corrected chi connectivity index (χ0v) is 23.0. The van der Waals surface area contributed by atoms with Gasteiger partial charge in [0, 0.05) is 43.2 Å². The maximum absolute atomic E-state index is 14.1. The molecule has 3 heterocycles.